The smallest absolute Gasteiger partial charge is 0.396 e. The third kappa shape index (κ3) is 3.75. The van der Waals surface area contributed by atoms with E-state index in [-0.39, 0.29) is 6.61 Å². The molecule has 1 aromatic carbocycles. The van der Waals surface area contributed by atoms with Crippen LogP contribution in [0.15, 0.2) is 30.3 Å². The largest absolute Gasteiger partial charge is 0.416 e. The fourth-order valence-electron chi connectivity index (χ4n) is 1.08. The van der Waals surface area contributed by atoms with Crippen LogP contribution in [-0.4, -0.2) is 11.7 Å². The topological polar surface area (TPSA) is 20.2 Å². The molecular weight excluding hydrogens is 205 g/mol. The van der Waals surface area contributed by atoms with Crippen LogP contribution in [-0.2, 0) is 6.18 Å². The molecule has 0 spiro atoms. The Balaban J connectivity index is 2.73. The van der Waals surface area contributed by atoms with E-state index in [9.17, 15) is 13.2 Å². The molecule has 1 nitrogen and oxygen atoms in total. The van der Waals surface area contributed by atoms with Gasteiger partial charge in [0, 0.05) is 6.61 Å². The molecule has 0 unspecified atom stereocenters. The summed E-state index contributed by atoms with van der Waals surface area (Å²) in [6.45, 7) is 0.0388. The second-order valence-corrected chi connectivity index (χ2v) is 3.03. The molecule has 0 radical (unpaired) electrons. The molecule has 0 aliphatic heterocycles. The number of hydrogen-bond donors (Lipinski definition) is 1. The zero-order chi connectivity index (χ0) is 11.3. The van der Waals surface area contributed by atoms with Crippen LogP contribution in [0.2, 0.25) is 0 Å². The molecule has 1 rings (SSSR count). The average molecular weight is 216 g/mol. The highest BCUT2D eigenvalue weighted by atomic mass is 19.4. The van der Waals surface area contributed by atoms with E-state index in [1.165, 1.54) is 12.1 Å². The number of benzene rings is 1. The summed E-state index contributed by atoms with van der Waals surface area (Å²) in [5.41, 5.74) is 0.0401. The molecule has 0 aliphatic rings. The molecule has 15 heavy (non-hydrogen) atoms. The van der Waals surface area contributed by atoms with Crippen molar-refractivity contribution in [3.63, 3.8) is 0 Å². The van der Waals surface area contributed by atoms with Gasteiger partial charge < -0.3 is 5.11 Å². The lowest BCUT2D eigenvalue weighted by Gasteiger charge is -2.05. The maximum Gasteiger partial charge on any atom is 0.416 e. The minimum atomic E-state index is -4.28. The number of alkyl halides is 3. The SMILES string of the molecule is OCC/C=C\c1ccc(C(F)(F)F)cc1. The predicted molar refractivity (Wildman–Crippen MR) is 52.2 cm³/mol. The van der Waals surface area contributed by atoms with Gasteiger partial charge in [-0.1, -0.05) is 24.3 Å². The van der Waals surface area contributed by atoms with Gasteiger partial charge in [-0.15, -0.1) is 0 Å². The fraction of sp³-hybridized carbons (Fsp3) is 0.273. The number of rotatable bonds is 3. The molecule has 4 heteroatoms. The summed E-state index contributed by atoms with van der Waals surface area (Å²) in [5.74, 6) is 0. The Labute approximate surface area is 85.9 Å². The number of aliphatic hydroxyl groups is 1. The van der Waals surface area contributed by atoms with E-state index in [0.717, 1.165) is 12.1 Å². The monoisotopic (exact) mass is 216 g/mol. The number of aliphatic hydroxyl groups excluding tert-OH is 1. The van der Waals surface area contributed by atoms with Gasteiger partial charge in [0.05, 0.1) is 5.56 Å². The Morgan fingerprint density at radius 3 is 2.20 bits per heavy atom. The van der Waals surface area contributed by atoms with Crippen LogP contribution in [0.4, 0.5) is 13.2 Å². The lowest BCUT2D eigenvalue weighted by Crippen LogP contribution is -2.03. The van der Waals surface area contributed by atoms with Gasteiger partial charge >= 0.3 is 6.18 Å². The van der Waals surface area contributed by atoms with E-state index >= 15 is 0 Å². The highest BCUT2D eigenvalue weighted by Crippen LogP contribution is 2.29. The lowest BCUT2D eigenvalue weighted by atomic mass is 10.1. The molecule has 0 atom stereocenters. The van der Waals surface area contributed by atoms with Gasteiger partial charge in [0.25, 0.3) is 0 Å². The zero-order valence-corrected chi connectivity index (χ0v) is 7.96. The highest BCUT2D eigenvalue weighted by molar-refractivity contribution is 5.49. The van der Waals surface area contributed by atoms with Gasteiger partial charge in [0.1, 0.15) is 0 Å². The van der Waals surface area contributed by atoms with Crippen LogP contribution in [0.5, 0.6) is 0 Å². The van der Waals surface area contributed by atoms with Gasteiger partial charge in [-0.2, -0.15) is 13.2 Å². The molecular formula is C11H11F3O. The van der Waals surface area contributed by atoms with Crippen LogP contribution in [0, 0.1) is 0 Å². The van der Waals surface area contributed by atoms with Crippen molar-refractivity contribution in [3.8, 4) is 0 Å². The van der Waals surface area contributed by atoms with Gasteiger partial charge in [-0.25, -0.2) is 0 Å². The van der Waals surface area contributed by atoms with Crippen LogP contribution >= 0.6 is 0 Å². The van der Waals surface area contributed by atoms with Crippen molar-refractivity contribution in [3.05, 3.63) is 41.5 Å². The van der Waals surface area contributed by atoms with Crippen molar-refractivity contribution in [2.45, 2.75) is 12.6 Å². The first-order valence-electron chi connectivity index (χ1n) is 4.48. The third-order valence-electron chi connectivity index (χ3n) is 1.84. The normalized spacial score (nSPS) is 12.3. The quantitative estimate of drug-likeness (QED) is 0.823. The molecule has 1 aromatic rings. The van der Waals surface area contributed by atoms with Gasteiger partial charge in [-0.3, -0.25) is 0 Å². The summed E-state index contributed by atoms with van der Waals surface area (Å²) in [4.78, 5) is 0. The Kier molecular flexibility index (Phi) is 3.91. The molecule has 0 aliphatic carbocycles. The van der Waals surface area contributed by atoms with Crippen molar-refractivity contribution < 1.29 is 18.3 Å². The maximum atomic E-state index is 12.2. The average Bonchev–Trinajstić information content (AvgIpc) is 2.18. The van der Waals surface area contributed by atoms with Crippen molar-refractivity contribution in [2.75, 3.05) is 6.61 Å². The van der Waals surface area contributed by atoms with Gasteiger partial charge in [-0.05, 0) is 24.1 Å². The van der Waals surface area contributed by atoms with E-state index < -0.39 is 11.7 Å². The van der Waals surface area contributed by atoms with E-state index in [4.69, 9.17) is 5.11 Å². The summed E-state index contributed by atoms with van der Waals surface area (Å²) >= 11 is 0. The third-order valence-corrected chi connectivity index (χ3v) is 1.84. The molecule has 0 heterocycles. The number of halogens is 3. The predicted octanol–water partition coefficient (Wildman–Crippen LogP) is 3.10. The minimum absolute atomic E-state index is 0.0388. The maximum absolute atomic E-state index is 12.2. The van der Waals surface area contributed by atoms with E-state index in [1.807, 2.05) is 0 Å². The summed E-state index contributed by atoms with van der Waals surface area (Å²) in [7, 11) is 0. The Hall–Kier alpha value is -1.29. The van der Waals surface area contributed by atoms with Crippen LogP contribution in [0.1, 0.15) is 17.5 Å². The van der Waals surface area contributed by atoms with Crippen molar-refractivity contribution >= 4 is 6.08 Å². The Morgan fingerprint density at radius 2 is 1.73 bits per heavy atom. The molecule has 0 saturated carbocycles. The van der Waals surface area contributed by atoms with Gasteiger partial charge in [0.15, 0.2) is 0 Å². The molecule has 0 fully saturated rings. The van der Waals surface area contributed by atoms with E-state index in [2.05, 4.69) is 0 Å². The molecule has 0 amide bonds. The van der Waals surface area contributed by atoms with Crippen molar-refractivity contribution in [2.24, 2.45) is 0 Å². The molecule has 0 aromatic heterocycles. The molecule has 0 saturated heterocycles. The number of hydrogen-bond acceptors (Lipinski definition) is 1. The van der Waals surface area contributed by atoms with Crippen LogP contribution in [0.3, 0.4) is 0 Å². The van der Waals surface area contributed by atoms with Crippen molar-refractivity contribution in [1.82, 2.24) is 0 Å². The first kappa shape index (κ1) is 11.8. The Bertz CT molecular complexity index is 325. The zero-order valence-electron chi connectivity index (χ0n) is 7.96. The van der Waals surface area contributed by atoms with Crippen LogP contribution in [0.25, 0.3) is 6.08 Å². The van der Waals surface area contributed by atoms with E-state index in [1.54, 1.807) is 12.2 Å². The first-order valence-corrected chi connectivity index (χ1v) is 4.48. The molecule has 82 valence electrons. The first-order chi connectivity index (χ1) is 7.04. The molecule has 1 N–H and O–H groups in total. The highest BCUT2D eigenvalue weighted by Gasteiger charge is 2.29. The minimum Gasteiger partial charge on any atom is -0.396 e. The summed E-state index contributed by atoms with van der Waals surface area (Å²) in [6.07, 6.45) is -0.396. The summed E-state index contributed by atoms with van der Waals surface area (Å²) in [6, 6.07) is 4.88. The lowest BCUT2D eigenvalue weighted by molar-refractivity contribution is -0.137. The second kappa shape index (κ2) is 4.98. The summed E-state index contributed by atoms with van der Waals surface area (Å²) < 4.78 is 36.5. The molecule has 0 bridgehead atoms. The standard InChI is InChI=1S/C11H11F3O/c12-11(13,14)10-6-4-9(5-7-10)3-1-2-8-15/h1,3-7,15H,2,8H2/b3-1-. The van der Waals surface area contributed by atoms with Crippen molar-refractivity contribution in [1.29, 1.82) is 0 Å². The van der Waals surface area contributed by atoms with Crippen LogP contribution < -0.4 is 0 Å². The van der Waals surface area contributed by atoms with Gasteiger partial charge in [0.2, 0.25) is 0 Å². The fourth-order valence-corrected chi connectivity index (χ4v) is 1.08. The second-order valence-electron chi connectivity index (χ2n) is 3.03. The Morgan fingerprint density at radius 1 is 1.13 bits per heavy atom. The summed E-state index contributed by atoms with van der Waals surface area (Å²) in [5, 5.41) is 8.50. The van der Waals surface area contributed by atoms with E-state index in [0.29, 0.717) is 12.0 Å².